The SMILES string of the molecule is c1ccc(C2COC(c3cccc4cccnc34)=N2)cc1. The largest absolute Gasteiger partial charge is 0.475 e. The highest BCUT2D eigenvalue weighted by Crippen LogP contribution is 2.27. The third-order valence-electron chi connectivity index (χ3n) is 3.70. The molecule has 21 heavy (non-hydrogen) atoms. The zero-order chi connectivity index (χ0) is 14.1. The summed E-state index contributed by atoms with van der Waals surface area (Å²) >= 11 is 0. The van der Waals surface area contributed by atoms with Crippen LogP contribution in [0, 0.1) is 0 Å². The zero-order valence-electron chi connectivity index (χ0n) is 11.4. The van der Waals surface area contributed by atoms with Crippen LogP contribution >= 0.6 is 0 Å². The molecule has 0 amide bonds. The van der Waals surface area contributed by atoms with E-state index in [1.807, 2.05) is 36.4 Å². The number of ether oxygens (including phenoxy) is 1. The van der Waals surface area contributed by atoms with Crippen molar-refractivity contribution in [3.63, 3.8) is 0 Å². The van der Waals surface area contributed by atoms with Crippen molar-refractivity contribution in [2.24, 2.45) is 4.99 Å². The topological polar surface area (TPSA) is 34.5 Å². The minimum atomic E-state index is 0.0696. The lowest BCUT2D eigenvalue weighted by Gasteiger charge is -2.04. The third-order valence-corrected chi connectivity index (χ3v) is 3.70. The summed E-state index contributed by atoms with van der Waals surface area (Å²) in [6.07, 6.45) is 1.80. The number of para-hydroxylation sites is 1. The number of pyridine rings is 1. The van der Waals surface area contributed by atoms with Gasteiger partial charge in [-0.25, -0.2) is 4.99 Å². The minimum Gasteiger partial charge on any atom is -0.475 e. The normalized spacial score (nSPS) is 17.5. The van der Waals surface area contributed by atoms with Gasteiger partial charge in [0, 0.05) is 11.6 Å². The molecule has 0 spiro atoms. The molecule has 102 valence electrons. The molecule has 0 aliphatic carbocycles. The summed E-state index contributed by atoms with van der Waals surface area (Å²) < 4.78 is 5.82. The van der Waals surface area contributed by atoms with Crippen LogP contribution in [0.15, 0.2) is 71.9 Å². The molecule has 0 saturated carbocycles. The molecular formula is C18H14N2O. The van der Waals surface area contributed by atoms with Gasteiger partial charge in [0.2, 0.25) is 5.90 Å². The summed E-state index contributed by atoms with van der Waals surface area (Å²) in [4.78, 5) is 9.20. The molecule has 1 aliphatic rings. The zero-order valence-corrected chi connectivity index (χ0v) is 11.4. The lowest BCUT2D eigenvalue weighted by molar-refractivity contribution is 0.320. The Balaban J connectivity index is 1.77. The highest BCUT2D eigenvalue weighted by molar-refractivity contribution is 6.05. The molecule has 1 unspecified atom stereocenters. The summed E-state index contributed by atoms with van der Waals surface area (Å²) in [7, 11) is 0. The van der Waals surface area contributed by atoms with E-state index in [9.17, 15) is 0 Å². The molecule has 2 heterocycles. The van der Waals surface area contributed by atoms with Gasteiger partial charge in [-0.15, -0.1) is 0 Å². The molecule has 4 rings (SSSR count). The Kier molecular flexibility index (Phi) is 2.89. The minimum absolute atomic E-state index is 0.0696. The molecule has 0 radical (unpaired) electrons. The Morgan fingerprint density at radius 3 is 2.67 bits per heavy atom. The Hall–Kier alpha value is -2.68. The van der Waals surface area contributed by atoms with Crippen LogP contribution in [0.3, 0.4) is 0 Å². The number of aliphatic imine (C=N–C) groups is 1. The Morgan fingerprint density at radius 2 is 1.76 bits per heavy atom. The van der Waals surface area contributed by atoms with Gasteiger partial charge in [0.15, 0.2) is 0 Å². The molecule has 0 fully saturated rings. The highest BCUT2D eigenvalue weighted by atomic mass is 16.5. The van der Waals surface area contributed by atoms with Crippen LogP contribution < -0.4 is 0 Å². The molecular weight excluding hydrogens is 260 g/mol. The molecule has 3 aromatic rings. The van der Waals surface area contributed by atoms with Crippen LogP contribution in [0.25, 0.3) is 10.9 Å². The van der Waals surface area contributed by atoms with Gasteiger partial charge in [0.05, 0.1) is 11.1 Å². The van der Waals surface area contributed by atoms with Crippen molar-refractivity contribution in [2.75, 3.05) is 6.61 Å². The number of hydrogen-bond acceptors (Lipinski definition) is 3. The van der Waals surface area contributed by atoms with Gasteiger partial charge in [-0.2, -0.15) is 0 Å². The Bertz CT molecular complexity index is 806. The summed E-state index contributed by atoms with van der Waals surface area (Å²) in [5, 5.41) is 1.10. The molecule has 0 saturated heterocycles. The fourth-order valence-electron chi connectivity index (χ4n) is 2.64. The predicted octanol–water partition coefficient (Wildman–Crippen LogP) is 3.75. The first kappa shape index (κ1) is 12.1. The average Bonchev–Trinajstić information content (AvgIpc) is 3.05. The predicted molar refractivity (Wildman–Crippen MR) is 83.4 cm³/mol. The highest BCUT2D eigenvalue weighted by Gasteiger charge is 2.22. The van der Waals surface area contributed by atoms with Gasteiger partial charge in [0.1, 0.15) is 12.6 Å². The van der Waals surface area contributed by atoms with Gasteiger partial charge >= 0.3 is 0 Å². The van der Waals surface area contributed by atoms with Crippen LogP contribution in [0.2, 0.25) is 0 Å². The maximum absolute atomic E-state index is 5.82. The van der Waals surface area contributed by atoms with Crippen molar-refractivity contribution in [2.45, 2.75) is 6.04 Å². The second-order valence-corrected chi connectivity index (χ2v) is 5.05. The monoisotopic (exact) mass is 274 g/mol. The molecule has 0 bridgehead atoms. The third kappa shape index (κ3) is 2.17. The van der Waals surface area contributed by atoms with Crippen molar-refractivity contribution < 1.29 is 4.74 Å². The number of rotatable bonds is 2. The van der Waals surface area contributed by atoms with Crippen LogP contribution in [0.1, 0.15) is 17.2 Å². The van der Waals surface area contributed by atoms with E-state index >= 15 is 0 Å². The number of benzene rings is 2. The average molecular weight is 274 g/mol. The lowest BCUT2D eigenvalue weighted by Crippen LogP contribution is -2.02. The van der Waals surface area contributed by atoms with Gasteiger partial charge in [-0.1, -0.05) is 48.5 Å². The first-order chi connectivity index (χ1) is 10.4. The summed E-state index contributed by atoms with van der Waals surface area (Å²) in [6, 6.07) is 20.4. The number of fused-ring (bicyclic) bond motifs is 1. The molecule has 3 heteroatoms. The van der Waals surface area contributed by atoms with Crippen molar-refractivity contribution >= 4 is 16.8 Å². The second-order valence-electron chi connectivity index (χ2n) is 5.05. The van der Waals surface area contributed by atoms with Gasteiger partial charge in [-0.3, -0.25) is 4.98 Å². The molecule has 1 aromatic heterocycles. The Labute approximate surface area is 122 Å². The van der Waals surface area contributed by atoms with E-state index in [1.54, 1.807) is 6.20 Å². The van der Waals surface area contributed by atoms with E-state index in [2.05, 4.69) is 29.2 Å². The van der Waals surface area contributed by atoms with Gasteiger partial charge in [-0.05, 0) is 17.7 Å². The van der Waals surface area contributed by atoms with Crippen LogP contribution in [-0.2, 0) is 4.74 Å². The smallest absolute Gasteiger partial charge is 0.219 e. The van der Waals surface area contributed by atoms with Crippen molar-refractivity contribution in [1.82, 2.24) is 4.98 Å². The fraction of sp³-hybridized carbons (Fsp3) is 0.111. The van der Waals surface area contributed by atoms with E-state index in [0.29, 0.717) is 12.5 Å². The van der Waals surface area contributed by atoms with Crippen molar-refractivity contribution in [3.8, 4) is 0 Å². The van der Waals surface area contributed by atoms with Crippen LogP contribution in [0.5, 0.6) is 0 Å². The quantitative estimate of drug-likeness (QED) is 0.713. The maximum Gasteiger partial charge on any atom is 0.219 e. The van der Waals surface area contributed by atoms with Gasteiger partial charge in [0.25, 0.3) is 0 Å². The molecule has 2 aromatic carbocycles. The van der Waals surface area contributed by atoms with Gasteiger partial charge < -0.3 is 4.74 Å². The first-order valence-corrected chi connectivity index (χ1v) is 7.01. The summed E-state index contributed by atoms with van der Waals surface area (Å²) in [5.74, 6) is 0.688. The van der Waals surface area contributed by atoms with E-state index in [4.69, 9.17) is 9.73 Å². The van der Waals surface area contributed by atoms with E-state index < -0.39 is 0 Å². The second kappa shape index (κ2) is 5.02. The van der Waals surface area contributed by atoms with Crippen molar-refractivity contribution in [3.05, 3.63) is 78.0 Å². The molecule has 1 atom stereocenters. The number of aromatic nitrogens is 1. The standard InChI is InChI=1S/C18H14N2O/c1-2-6-13(7-3-1)16-12-21-18(20-16)15-10-4-8-14-9-5-11-19-17(14)15/h1-11,16H,12H2. The molecule has 3 nitrogen and oxygen atoms in total. The first-order valence-electron chi connectivity index (χ1n) is 7.01. The van der Waals surface area contributed by atoms with E-state index in [-0.39, 0.29) is 6.04 Å². The molecule has 0 N–H and O–H groups in total. The number of nitrogens with zero attached hydrogens (tertiary/aromatic N) is 2. The molecule has 1 aliphatic heterocycles. The summed E-state index contributed by atoms with van der Waals surface area (Å²) in [6.45, 7) is 0.586. The van der Waals surface area contributed by atoms with Crippen molar-refractivity contribution in [1.29, 1.82) is 0 Å². The fourth-order valence-corrected chi connectivity index (χ4v) is 2.64. The van der Waals surface area contributed by atoms with Crippen LogP contribution in [0.4, 0.5) is 0 Å². The Morgan fingerprint density at radius 1 is 0.905 bits per heavy atom. The maximum atomic E-state index is 5.82. The number of hydrogen-bond donors (Lipinski definition) is 0. The van der Waals surface area contributed by atoms with E-state index in [1.165, 1.54) is 5.56 Å². The van der Waals surface area contributed by atoms with E-state index in [0.717, 1.165) is 16.5 Å². The summed E-state index contributed by atoms with van der Waals surface area (Å²) in [5.41, 5.74) is 3.08. The van der Waals surface area contributed by atoms with Crippen LogP contribution in [-0.4, -0.2) is 17.5 Å². The lowest BCUT2D eigenvalue weighted by atomic mass is 10.1.